The number of hydrogen-bond acceptors (Lipinski definition) is 1. The highest BCUT2D eigenvalue weighted by molar-refractivity contribution is 6.30. The van der Waals surface area contributed by atoms with Gasteiger partial charge in [-0.15, -0.1) is 0 Å². The second-order valence-corrected chi connectivity index (χ2v) is 6.66. The molecule has 0 radical (unpaired) electrons. The Bertz CT molecular complexity index is 677. The van der Waals surface area contributed by atoms with Crippen molar-refractivity contribution in [3.8, 4) is 0 Å². The number of rotatable bonds is 5. The van der Waals surface area contributed by atoms with E-state index in [1.54, 1.807) is 0 Å². The standard InChI is InChI=1S/C20H24ClNO/c1-5-15-8-6-7-14(4)19(15)22-20(23)18(13(2)3)16-9-11-17(21)12-10-16/h6-13,18H,5H2,1-4H3,(H,22,23). The predicted molar refractivity (Wildman–Crippen MR) is 98.2 cm³/mol. The van der Waals surface area contributed by atoms with Gasteiger partial charge in [-0.25, -0.2) is 0 Å². The SMILES string of the molecule is CCc1cccc(C)c1NC(=O)C(c1ccc(Cl)cc1)C(C)C. The quantitative estimate of drug-likeness (QED) is 0.761. The van der Waals surface area contributed by atoms with Crippen molar-refractivity contribution in [2.45, 2.75) is 40.0 Å². The fourth-order valence-electron chi connectivity index (χ4n) is 2.91. The molecule has 1 atom stereocenters. The normalized spacial score (nSPS) is 12.3. The van der Waals surface area contributed by atoms with E-state index in [0.717, 1.165) is 28.8 Å². The molecule has 0 saturated carbocycles. The zero-order valence-electron chi connectivity index (χ0n) is 14.2. The average Bonchev–Trinajstić information content (AvgIpc) is 2.51. The second-order valence-electron chi connectivity index (χ2n) is 6.23. The van der Waals surface area contributed by atoms with Crippen LogP contribution in [-0.2, 0) is 11.2 Å². The lowest BCUT2D eigenvalue weighted by atomic mass is 9.87. The van der Waals surface area contributed by atoms with Crippen LogP contribution in [0.1, 0.15) is 43.4 Å². The van der Waals surface area contributed by atoms with Gasteiger partial charge in [-0.05, 0) is 48.1 Å². The first-order valence-corrected chi connectivity index (χ1v) is 8.46. The van der Waals surface area contributed by atoms with Crippen LogP contribution in [0.25, 0.3) is 0 Å². The molecule has 0 spiro atoms. The molecular weight excluding hydrogens is 306 g/mol. The maximum Gasteiger partial charge on any atom is 0.232 e. The Balaban J connectivity index is 2.31. The molecule has 0 fully saturated rings. The van der Waals surface area contributed by atoms with Crippen LogP contribution in [0.3, 0.4) is 0 Å². The molecule has 0 heterocycles. The molecule has 0 saturated heterocycles. The first kappa shape index (κ1) is 17.6. The van der Waals surface area contributed by atoms with Gasteiger partial charge in [0, 0.05) is 10.7 Å². The van der Waals surface area contributed by atoms with Gasteiger partial charge in [-0.2, -0.15) is 0 Å². The molecule has 23 heavy (non-hydrogen) atoms. The summed E-state index contributed by atoms with van der Waals surface area (Å²) in [7, 11) is 0. The van der Waals surface area contributed by atoms with E-state index in [4.69, 9.17) is 11.6 Å². The number of benzene rings is 2. The zero-order chi connectivity index (χ0) is 17.0. The number of amides is 1. The Morgan fingerprint density at radius 2 is 1.78 bits per heavy atom. The molecule has 0 aliphatic carbocycles. The lowest BCUT2D eigenvalue weighted by Crippen LogP contribution is -2.26. The molecule has 0 bridgehead atoms. The number of hydrogen-bond donors (Lipinski definition) is 1. The van der Waals surface area contributed by atoms with E-state index in [0.29, 0.717) is 5.02 Å². The smallest absolute Gasteiger partial charge is 0.232 e. The van der Waals surface area contributed by atoms with Gasteiger partial charge in [0.2, 0.25) is 5.91 Å². The molecule has 1 unspecified atom stereocenters. The summed E-state index contributed by atoms with van der Waals surface area (Å²) in [5, 5.41) is 3.84. The van der Waals surface area contributed by atoms with Gasteiger partial charge in [0.05, 0.1) is 5.92 Å². The summed E-state index contributed by atoms with van der Waals surface area (Å²) >= 11 is 5.97. The molecule has 0 aliphatic heterocycles. The molecule has 0 aliphatic rings. The van der Waals surface area contributed by atoms with Crippen molar-refractivity contribution < 1.29 is 4.79 Å². The number of anilines is 1. The van der Waals surface area contributed by atoms with Gasteiger partial charge in [-0.3, -0.25) is 4.79 Å². The van der Waals surface area contributed by atoms with Crippen molar-refractivity contribution in [2.75, 3.05) is 5.32 Å². The van der Waals surface area contributed by atoms with Gasteiger partial charge < -0.3 is 5.32 Å². The number of nitrogens with one attached hydrogen (secondary N) is 1. The minimum absolute atomic E-state index is 0.0336. The largest absolute Gasteiger partial charge is 0.325 e. The van der Waals surface area contributed by atoms with Gasteiger partial charge in [-0.1, -0.05) is 62.7 Å². The first-order valence-electron chi connectivity index (χ1n) is 8.08. The first-order chi connectivity index (χ1) is 10.9. The van der Waals surface area contributed by atoms with E-state index < -0.39 is 0 Å². The van der Waals surface area contributed by atoms with E-state index in [1.165, 1.54) is 0 Å². The topological polar surface area (TPSA) is 29.1 Å². The van der Waals surface area contributed by atoms with Crippen molar-refractivity contribution >= 4 is 23.2 Å². The fourth-order valence-corrected chi connectivity index (χ4v) is 3.04. The summed E-state index contributed by atoms with van der Waals surface area (Å²) in [6.07, 6.45) is 0.893. The van der Waals surface area contributed by atoms with Crippen molar-refractivity contribution in [1.82, 2.24) is 0 Å². The highest BCUT2D eigenvalue weighted by atomic mass is 35.5. The summed E-state index contributed by atoms with van der Waals surface area (Å²) in [5.41, 5.74) is 4.20. The maximum atomic E-state index is 12.9. The van der Waals surface area contributed by atoms with Crippen LogP contribution in [-0.4, -0.2) is 5.91 Å². The Hall–Kier alpha value is -1.80. The third-order valence-corrected chi connectivity index (χ3v) is 4.42. The van der Waals surface area contributed by atoms with E-state index in [2.05, 4.69) is 32.2 Å². The lowest BCUT2D eigenvalue weighted by Gasteiger charge is -2.22. The summed E-state index contributed by atoms with van der Waals surface area (Å²) in [5.74, 6) is 0.0353. The van der Waals surface area contributed by atoms with Crippen LogP contribution in [0.15, 0.2) is 42.5 Å². The molecule has 2 aromatic carbocycles. The van der Waals surface area contributed by atoms with E-state index in [-0.39, 0.29) is 17.7 Å². The van der Waals surface area contributed by atoms with E-state index in [9.17, 15) is 4.79 Å². The summed E-state index contributed by atoms with van der Waals surface area (Å²) in [6, 6.07) is 13.7. The Morgan fingerprint density at radius 3 is 2.35 bits per heavy atom. The number of carbonyl (C=O) groups excluding carboxylic acids is 1. The summed E-state index contributed by atoms with van der Waals surface area (Å²) in [6.45, 7) is 8.26. The predicted octanol–water partition coefficient (Wildman–Crippen LogP) is 5.59. The summed E-state index contributed by atoms with van der Waals surface area (Å²) < 4.78 is 0. The van der Waals surface area contributed by atoms with Gasteiger partial charge in [0.15, 0.2) is 0 Å². The van der Waals surface area contributed by atoms with Crippen LogP contribution in [0.2, 0.25) is 5.02 Å². The minimum atomic E-state index is -0.198. The third kappa shape index (κ3) is 4.14. The van der Waals surface area contributed by atoms with Crippen LogP contribution in [0.5, 0.6) is 0 Å². The Labute approximate surface area is 143 Å². The van der Waals surface area contributed by atoms with Crippen LogP contribution >= 0.6 is 11.6 Å². The van der Waals surface area contributed by atoms with E-state index in [1.807, 2.05) is 43.3 Å². The van der Waals surface area contributed by atoms with E-state index >= 15 is 0 Å². The molecule has 2 nitrogen and oxygen atoms in total. The fraction of sp³-hybridized carbons (Fsp3) is 0.350. The minimum Gasteiger partial charge on any atom is -0.325 e. The molecular formula is C20H24ClNO. The van der Waals surface area contributed by atoms with Gasteiger partial charge >= 0.3 is 0 Å². The number of halogens is 1. The second kappa shape index (κ2) is 7.65. The molecule has 3 heteroatoms. The highest BCUT2D eigenvalue weighted by Gasteiger charge is 2.25. The van der Waals surface area contributed by atoms with Crippen molar-refractivity contribution in [2.24, 2.45) is 5.92 Å². The van der Waals surface area contributed by atoms with Crippen LogP contribution < -0.4 is 5.32 Å². The van der Waals surface area contributed by atoms with Gasteiger partial charge in [0.1, 0.15) is 0 Å². The average molecular weight is 330 g/mol. The molecule has 1 N–H and O–H groups in total. The lowest BCUT2D eigenvalue weighted by molar-refractivity contribution is -0.118. The van der Waals surface area contributed by atoms with Crippen molar-refractivity contribution in [1.29, 1.82) is 0 Å². The van der Waals surface area contributed by atoms with Crippen LogP contribution in [0, 0.1) is 12.8 Å². The Kier molecular flexibility index (Phi) is 5.84. The molecule has 0 aromatic heterocycles. The maximum absolute atomic E-state index is 12.9. The zero-order valence-corrected chi connectivity index (χ0v) is 14.9. The number of carbonyl (C=O) groups is 1. The Morgan fingerprint density at radius 1 is 1.13 bits per heavy atom. The number of aryl methyl sites for hydroxylation is 2. The number of para-hydroxylation sites is 1. The van der Waals surface area contributed by atoms with Crippen LogP contribution in [0.4, 0.5) is 5.69 Å². The molecule has 1 amide bonds. The molecule has 2 rings (SSSR count). The summed E-state index contributed by atoms with van der Waals surface area (Å²) in [4.78, 5) is 12.9. The van der Waals surface area contributed by atoms with Crippen molar-refractivity contribution in [3.05, 3.63) is 64.2 Å². The molecule has 2 aromatic rings. The third-order valence-electron chi connectivity index (χ3n) is 4.17. The molecule has 122 valence electrons. The monoisotopic (exact) mass is 329 g/mol. The van der Waals surface area contributed by atoms with Gasteiger partial charge in [0.25, 0.3) is 0 Å². The van der Waals surface area contributed by atoms with Crippen molar-refractivity contribution in [3.63, 3.8) is 0 Å². The highest BCUT2D eigenvalue weighted by Crippen LogP contribution is 2.29.